The van der Waals surface area contributed by atoms with Crippen molar-refractivity contribution in [3.63, 3.8) is 0 Å². The highest BCUT2D eigenvalue weighted by molar-refractivity contribution is 5.50. The first-order chi connectivity index (χ1) is 14.2. The first-order valence-corrected chi connectivity index (χ1v) is 12.2. The number of hydrogen-bond acceptors (Lipinski definition) is 5. The van der Waals surface area contributed by atoms with Crippen LogP contribution in [0.1, 0.15) is 77.0 Å². The normalized spacial score (nSPS) is 23.9. The molecule has 1 atom stereocenters. The fourth-order valence-electron chi connectivity index (χ4n) is 5.88. The predicted molar refractivity (Wildman–Crippen MR) is 120 cm³/mol. The lowest BCUT2D eigenvalue weighted by molar-refractivity contribution is 0.165. The molecule has 0 aromatic carbocycles. The van der Waals surface area contributed by atoms with Gasteiger partial charge in [0.05, 0.1) is 5.69 Å². The smallest absolute Gasteiger partial charge is 0.135 e. The highest BCUT2D eigenvalue weighted by atomic mass is 15.3. The Bertz CT molecular complexity index is 655. The third-order valence-corrected chi connectivity index (χ3v) is 7.38. The Labute approximate surface area is 177 Å². The quantitative estimate of drug-likeness (QED) is 0.689. The molecule has 0 spiro atoms. The van der Waals surface area contributed by atoms with Crippen molar-refractivity contribution < 1.29 is 0 Å². The Balaban J connectivity index is 1.41. The van der Waals surface area contributed by atoms with Gasteiger partial charge in [0.15, 0.2) is 0 Å². The molecular formula is C24H41N5. The van der Waals surface area contributed by atoms with E-state index in [1.807, 2.05) is 6.33 Å². The van der Waals surface area contributed by atoms with Crippen molar-refractivity contribution in [2.75, 3.05) is 37.6 Å². The van der Waals surface area contributed by atoms with Gasteiger partial charge in [-0.3, -0.25) is 9.80 Å². The zero-order chi connectivity index (χ0) is 20.2. The van der Waals surface area contributed by atoms with Crippen LogP contribution >= 0.6 is 0 Å². The summed E-state index contributed by atoms with van der Waals surface area (Å²) in [4.78, 5) is 17.4. The van der Waals surface area contributed by atoms with E-state index in [2.05, 4.69) is 35.5 Å². The van der Waals surface area contributed by atoms with Crippen LogP contribution in [0.2, 0.25) is 0 Å². The fraction of sp³-hybridized carbons (Fsp3) is 0.833. The Morgan fingerprint density at radius 3 is 2.69 bits per heavy atom. The summed E-state index contributed by atoms with van der Waals surface area (Å²) in [6.07, 6.45) is 12.6. The Kier molecular flexibility index (Phi) is 7.07. The molecule has 3 heterocycles. The van der Waals surface area contributed by atoms with Gasteiger partial charge in [0.25, 0.3) is 0 Å². The molecule has 1 aromatic heterocycles. The second kappa shape index (κ2) is 9.74. The molecule has 4 rings (SSSR count). The lowest BCUT2D eigenvalue weighted by Gasteiger charge is -2.34. The molecule has 3 aliphatic rings. The average Bonchev–Trinajstić information content (AvgIpc) is 3.21. The highest BCUT2D eigenvalue weighted by Crippen LogP contribution is 2.31. The molecule has 1 aliphatic carbocycles. The molecule has 1 aromatic rings. The average molecular weight is 400 g/mol. The van der Waals surface area contributed by atoms with Crippen LogP contribution in [0, 0.1) is 5.92 Å². The van der Waals surface area contributed by atoms with E-state index >= 15 is 0 Å². The van der Waals surface area contributed by atoms with Crippen LogP contribution in [-0.4, -0.2) is 64.6 Å². The first kappa shape index (κ1) is 21.0. The van der Waals surface area contributed by atoms with Gasteiger partial charge < -0.3 is 4.90 Å². The largest absolute Gasteiger partial charge is 0.355 e. The van der Waals surface area contributed by atoms with Gasteiger partial charge in [-0.05, 0) is 58.4 Å². The molecule has 0 radical (unpaired) electrons. The maximum atomic E-state index is 4.78. The molecule has 0 amide bonds. The number of rotatable bonds is 7. The van der Waals surface area contributed by atoms with Crippen molar-refractivity contribution in [1.82, 2.24) is 19.8 Å². The van der Waals surface area contributed by atoms with Crippen LogP contribution < -0.4 is 4.90 Å². The minimum Gasteiger partial charge on any atom is -0.355 e. The summed E-state index contributed by atoms with van der Waals surface area (Å²) in [6, 6.07) is 1.28. The van der Waals surface area contributed by atoms with Crippen molar-refractivity contribution in [2.24, 2.45) is 5.92 Å². The Hall–Kier alpha value is -1.20. The van der Waals surface area contributed by atoms with E-state index in [1.165, 1.54) is 81.7 Å². The van der Waals surface area contributed by atoms with Crippen LogP contribution in [0.15, 0.2) is 6.33 Å². The van der Waals surface area contributed by atoms with Crippen LogP contribution in [0.5, 0.6) is 0 Å². The van der Waals surface area contributed by atoms with E-state index in [0.717, 1.165) is 32.0 Å². The molecule has 162 valence electrons. The highest BCUT2D eigenvalue weighted by Gasteiger charge is 2.32. The van der Waals surface area contributed by atoms with Gasteiger partial charge >= 0.3 is 0 Å². The molecule has 1 saturated carbocycles. The topological polar surface area (TPSA) is 35.5 Å². The summed E-state index contributed by atoms with van der Waals surface area (Å²) in [7, 11) is 0. The van der Waals surface area contributed by atoms with E-state index < -0.39 is 0 Å². The molecule has 0 bridgehead atoms. The Morgan fingerprint density at radius 2 is 1.93 bits per heavy atom. The summed E-state index contributed by atoms with van der Waals surface area (Å²) in [5.74, 6) is 2.14. The van der Waals surface area contributed by atoms with Crippen LogP contribution in [-0.2, 0) is 13.0 Å². The molecule has 0 N–H and O–H groups in total. The van der Waals surface area contributed by atoms with E-state index in [9.17, 15) is 0 Å². The van der Waals surface area contributed by atoms with Gasteiger partial charge in [0.1, 0.15) is 12.1 Å². The second-order valence-electron chi connectivity index (χ2n) is 9.83. The molecule has 29 heavy (non-hydrogen) atoms. The van der Waals surface area contributed by atoms with Crippen molar-refractivity contribution >= 4 is 5.82 Å². The number of aromatic nitrogens is 2. The molecular weight excluding hydrogens is 358 g/mol. The van der Waals surface area contributed by atoms with Gasteiger partial charge in [0, 0.05) is 50.4 Å². The summed E-state index contributed by atoms with van der Waals surface area (Å²) in [6.45, 7) is 13.9. The molecule has 2 aliphatic heterocycles. The fourth-order valence-corrected chi connectivity index (χ4v) is 5.88. The molecule has 1 saturated heterocycles. The summed E-state index contributed by atoms with van der Waals surface area (Å²) >= 11 is 0. The minimum absolute atomic E-state index is 0.618. The lowest BCUT2D eigenvalue weighted by Crippen LogP contribution is -2.43. The maximum Gasteiger partial charge on any atom is 0.135 e. The number of fused-ring (bicyclic) bond motifs is 1. The van der Waals surface area contributed by atoms with Crippen molar-refractivity contribution in [3.05, 3.63) is 17.6 Å². The predicted octanol–water partition coefficient (Wildman–Crippen LogP) is 4.11. The van der Waals surface area contributed by atoms with Crippen molar-refractivity contribution in [3.8, 4) is 0 Å². The van der Waals surface area contributed by atoms with Crippen LogP contribution in [0.25, 0.3) is 0 Å². The maximum absolute atomic E-state index is 4.78. The van der Waals surface area contributed by atoms with E-state index in [4.69, 9.17) is 9.97 Å². The second-order valence-corrected chi connectivity index (χ2v) is 9.83. The summed E-state index contributed by atoms with van der Waals surface area (Å²) in [5, 5.41) is 0. The third-order valence-electron chi connectivity index (χ3n) is 7.38. The molecule has 1 unspecified atom stereocenters. The number of hydrogen-bond donors (Lipinski definition) is 0. The zero-order valence-corrected chi connectivity index (χ0v) is 18.9. The molecule has 2 fully saturated rings. The third kappa shape index (κ3) is 4.93. The summed E-state index contributed by atoms with van der Waals surface area (Å²) in [5.41, 5.74) is 2.72. The molecule has 5 nitrogen and oxygen atoms in total. The van der Waals surface area contributed by atoms with Gasteiger partial charge in [0.2, 0.25) is 0 Å². The number of anilines is 1. The van der Waals surface area contributed by atoms with Crippen LogP contribution in [0.4, 0.5) is 5.82 Å². The SMILES string of the molecule is CCCN(C(C)C)C1CCN(c2ncnc3c2CCN(CC2CCCCC2)C3)C1. The van der Waals surface area contributed by atoms with Gasteiger partial charge in [-0.25, -0.2) is 9.97 Å². The van der Waals surface area contributed by atoms with Crippen LogP contribution in [0.3, 0.4) is 0 Å². The number of nitrogens with zero attached hydrogens (tertiary/aromatic N) is 5. The van der Waals surface area contributed by atoms with E-state index in [0.29, 0.717) is 12.1 Å². The first-order valence-electron chi connectivity index (χ1n) is 12.2. The van der Waals surface area contributed by atoms with Gasteiger partial charge in [-0.15, -0.1) is 0 Å². The van der Waals surface area contributed by atoms with Crippen molar-refractivity contribution in [1.29, 1.82) is 0 Å². The van der Waals surface area contributed by atoms with Crippen molar-refractivity contribution in [2.45, 2.75) is 90.8 Å². The zero-order valence-electron chi connectivity index (χ0n) is 18.9. The minimum atomic E-state index is 0.618. The Morgan fingerprint density at radius 1 is 1.10 bits per heavy atom. The monoisotopic (exact) mass is 399 g/mol. The standard InChI is InChI=1S/C24H41N5/c1-4-12-29(19(2)3)21-10-14-28(16-21)24-22-11-13-27(17-23(22)25-18-26-24)15-20-8-6-5-7-9-20/h18-21H,4-17H2,1-3H3. The molecule has 5 heteroatoms. The van der Waals surface area contributed by atoms with Gasteiger partial charge in [-0.2, -0.15) is 0 Å². The summed E-state index contributed by atoms with van der Waals surface area (Å²) < 4.78 is 0. The van der Waals surface area contributed by atoms with E-state index in [1.54, 1.807) is 0 Å². The van der Waals surface area contributed by atoms with E-state index in [-0.39, 0.29) is 0 Å². The lowest BCUT2D eigenvalue weighted by atomic mass is 9.88. The van der Waals surface area contributed by atoms with Gasteiger partial charge in [-0.1, -0.05) is 26.2 Å².